The van der Waals surface area contributed by atoms with Crippen LogP contribution < -0.4 is 10.6 Å². The summed E-state index contributed by atoms with van der Waals surface area (Å²) in [6.45, 7) is 8.79. The Balaban J connectivity index is 2.38. The van der Waals surface area contributed by atoms with Gasteiger partial charge in [0, 0.05) is 31.7 Å². The van der Waals surface area contributed by atoms with E-state index in [1.807, 2.05) is 20.2 Å². The molecule has 5 heteroatoms. The van der Waals surface area contributed by atoms with Crippen molar-refractivity contribution in [3.8, 4) is 0 Å². The number of aryl methyl sites for hydroxylation is 2. The highest BCUT2D eigenvalue weighted by Gasteiger charge is 2.11. The molecule has 1 aromatic rings. The first-order valence-electron chi connectivity index (χ1n) is 5.83. The van der Waals surface area contributed by atoms with Crippen molar-refractivity contribution in [3.63, 3.8) is 0 Å². The lowest BCUT2D eigenvalue weighted by Crippen LogP contribution is -2.37. The second-order valence-electron chi connectivity index (χ2n) is 5.28. The molecule has 0 atom stereocenters. The molecule has 0 unspecified atom stereocenters. The van der Waals surface area contributed by atoms with Crippen LogP contribution in [-0.4, -0.2) is 27.8 Å². The maximum absolute atomic E-state index is 11.7. The molecule has 0 bridgehead atoms. The summed E-state index contributed by atoms with van der Waals surface area (Å²) in [5, 5.41) is 10.3. The number of aromatic nitrogens is 2. The van der Waals surface area contributed by atoms with Crippen LogP contribution in [-0.2, 0) is 11.8 Å². The first-order chi connectivity index (χ1) is 7.78. The number of nitrogens with one attached hydrogen (secondary N) is 2. The minimum absolute atomic E-state index is 0.0119. The van der Waals surface area contributed by atoms with Gasteiger partial charge in [-0.05, 0) is 27.7 Å². The van der Waals surface area contributed by atoms with Gasteiger partial charge in [-0.3, -0.25) is 9.48 Å². The number of hydrogen-bond acceptors (Lipinski definition) is 3. The summed E-state index contributed by atoms with van der Waals surface area (Å²) in [5.74, 6) is 0.0119. The molecule has 0 aliphatic carbocycles. The number of amides is 1. The fourth-order valence-electron chi connectivity index (χ4n) is 1.49. The first kappa shape index (κ1) is 13.7. The van der Waals surface area contributed by atoms with Crippen LogP contribution in [0.5, 0.6) is 0 Å². The third kappa shape index (κ3) is 4.99. The number of carbonyl (C=O) groups excluding carboxylic acids is 1. The van der Waals surface area contributed by atoms with Gasteiger partial charge in [0.25, 0.3) is 0 Å². The molecule has 0 aromatic carbocycles. The van der Waals surface area contributed by atoms with E-state index >= 15 is 0 Å². The highest BCUT2D eigenvalue weighted by atomic mass is 16.1. The molecular weight excluding hydrogens is 216 g/mol. The number of anilines is 1. The lowest BCUT2D eigenvalue weighted by molar-refractivity contribution is -0.116. The second kappa shape index (κ2) is 5.31. The largest absolute Gasteiger partial charge is 0.323 e. The molecule has 0 fully saturated rings. The number of carbonyl (C=O) groups is 1. The Bertz CT molecular complexity index is 390. The molecule has 96 valence electrons. The molecule has 0 saturated carbocycles. The molecule has 0 saturated heterocycles. The van der Waals surface area contributed by atoms with Gasteiger partial charge < -0.3 is 10.6 Å². The Hall–Kier alpha value is -1.36. The van der Waals surface area contributed by atoms with E-state index in [1.54, 1.807) is 4.68 Å². The lowest BCUT2D eigenvalue weighted by atomic mass is 10.1. The van der Waals surface area contributed by atoms with Gasteiger partial charge >= 0.3 is 0 Å². The van der Waals surface area contributed by atoms with Crippen molar-refractivity contribution >= 4 is 11.6 Å². The van der Waals surface area contributed by atoms with Crippen LogP contribution in [0.25, 0.3) is 0 Å². The number of nitrogens with zero attached hydrogens (tertiary/aromatic N) is 2. The predicted octanol–water partition coefficient (Wildman–Crippen LogP) is 1.45. The Labute approximate surface area is 103 Å². The average Bonchev–Trinajstić information content (AvgIpc) is 2.42. The van der Waals surface area contributed by atoms with Crippen molar-refractivity contribution in [1.29, 1.82) is 0 Å². The van der Waals surface area contributed by atoms with Gasteiger partial charge in [-0.15, -0.1) is 0 Å². The van der Waals surface area contributed by atoms with Crippen molar-refractivity contribution in [2.24, 2.45) is 7.05 Å². The standard InChI is InChI=1S/C12H22N4O/c1-9-10(8-16(5)15-9)14-11(17)6-7-13-12(2,3)4/h8,13H,6-7H2,1-5H3,(H,14,17). The normalized spacial score (nSPS) is 11.6. The highest BCUT2D eigenvalue weighted by Crippen LogP contribution is 2.11. The molecule has 1 rings (SSSR count). The summed E-state index contributed by atoms with van der Waals surface area (Å²) in [6.07, 6.45) is 2.27. The van der Waals surface area contributed by atoms with E-state index in [-0.39, 0.29) is 11.4 Å². The Kier molecular flexibility index (Phi) is 4.28. The smallest absolute Gasteiger partial charge is 0.225 e. The zero-order valence-electron chi connectivity index (χ0n) is 11.3. The van der Waals surface area contributed by atoms with E-state index in [4.69, 9.17) is 0 Å². The molecule has 5 nitrogen and oxygen atoms in total. The van der Waals surface area contributed by atoms with E-state index < -0.39 is 0 Å². The van der Waals surface area contributed by atoms with Gasteiger partial charge in [-0.1, -0.05) is 0 Å². The van der Waals surface area contributed by atoms with Gasteiger partial charge in [0.05, 0.1) is 11.4 Å². The van der Waals surface area contributed by atoms with Crippen LogP contribution in [0.3, 0.4) is 0 Å². The third-order valence-electron chi connectivity index (χ3n) is 2.29. The highest BCUT2D eigenvalue weighted by molar-refractivity contribution is 5.91. The zero-order chi connectivity index (χ0) is 13.1. The summed E-state index contributed by atoms with van der Waals surface area (Å²) >= 11 is 0. The molecule has 0 spiro atoms. The van der Waals surface area contributed by atoms with Crippen LogP contribution in [0, 0.1) is 6.92 Å². The number of rotatable bonds is 4. The molecule has 17 heavy (non-hydrogen) atoms. The minimum Gasteiger partial charge on any atom is -0.323 e. The van der Waals surface area contributed by atoms with Crippen molar-refractivity contribution in [3.05, 3.63) is 11.9 Å². The molecule has 0 aliphatic rings. The minimum atomic E-state index is 0.0119. The van der Waals surface area contributed by atoms with Gasteiger partial charge in [0.15, 0.2) is 0 Å². The van der Waals surface area contributed by atoms with Crippen LogP contribution >= 0.6 is 0 Å². The van der Waals surface area contributed by atoms with E-state index in [1.165, 1.54) is 0 Å². The molecular formula is C12H22N4O. The molecule has 0 aliphatic heterocycles. The van der Waals surface area contributed by atoms with Crippen molar-refractivity contribution in [2.45, 2.75) is 39.7 Å². The average molecular weight is 238 g/mol. The van der Waals surface area contributed by atoms with Crippen LogP contribution in [0.15, 0.2) is 6.20 Å². The van der Waals surface area contributed by atoms with Crippen LogP contribution in [0.1, 0.15) is 32.9 Å². The third-order valence-corrected chi connectivity index (χ3v) is 2.29. The SMILES string of the molecule is Cc1nn(C)cc1NC(=O)CCNC(C)(C)C. The lowest BCUT2D eigenvalue weighted by Gasteiger charge is -2.20. The van der Waals surface area contributed by atoms with E-state index in [2.05, 4.69) is 36.5 Å². The number of hydrogen-bond donors (Lipinski definition) is 2. The van der Waals surface area contributed by atoms with Gasteiger partial charge in [0.1, 0.15) is 0 Å². The summed E-state index contributed by atoms with van der Waals surface area (Å²) in [5.41, 5.74) is 1.67. The van der Waals surface area contributed by atoms with Crippen LogP contribution in [0.2, 0.25) is 0 Å². The van der Waals surface area contributed by atoms with Crippen LogP contribution in [0.4, 0.5) is 5.69 Å². The predicted molar refractivity (Wildman–Crippen MR) is 68.9 cm³/mol. The van der Waals surface area contributed by atoms with E-state index in [9.17, 15) is 4.79 Å². The maximum atomic E-state index is 11.7. The summed E-state index contributed by atoms with van der Waals surface area (Å²) in [6, 6.07) is 0. The molecule has 2 N–H and O–H groups in total. The van der Waals surface area contributed by atoms with E-state index in [0.29, 0.717) is 13.0 Å². The molecule has 1 heterocycles. The van der Waals surface area contributed by atoms with Crippen molar-refractivity contribution in [1.82, 2.24) is 15.1 Å². The molecule has 1 amide bonds. The fourth-order valence-corrected chi connectivity index (χ4v) is 1.49. The van der Waals surface area contributed by atoms with Crippen molar-refractivity contribution < 1.29 is 4.79 Å². The van der Waals surface area contributed by atoms with Gasteiger partial charge in [-0.2, -0.15) is 5.10 Å². The molecule has 0 radical (unpaired) electrons. The fraction of sp³-hybridized carbons (Fsp3) is 0.667. The quantitative estimate of drug-likeness (QED) is 0.834. The van der Waals surface area contributed by atoms with Crippen molar-refractivity contribution in [2.75, 3.05) is 11.9 Å². The second-order valence-corrected chi connectivity index (χ2v) is 5.28. The zero-order valence-corrected chi connectivity index (χ0v) is 11.3. The maximum Gasteiger partial charge on any atom is 0.225 e. The van der Waals surface area contributed by atoms with Gasteiger partial charge in [-0.25, -0.2) is 0 Å². The first-order valence-corrected chi connectivity index (χ1v) is 5.83. The Morgan fingerprint density at radius 2 is 2.12 bits per heavy atom. The Morgan fingerprint density at radius 1 is 1.47 bits per heavy atom. The monoisotopic (exact) mass is 238 g/mol. The summed E-state index contributed by atoms with van der Waals surface area (Å²) in [4.78, 5) is 11.7. The topological polar surface area (TPSA) is 59.0 Å². The summed E-state index contributed by atoms with van der Waals surface area (Å²) < 4.78 is 1.69. The summed E-state index contributed by atoms with van der Waals surface area (Å²) in [7, 11) is 1.84. The molecule has 1 aromatic heterocycles. The van der Waals surface area contributed by atoms with Gasteiger partial charge in [0.2, 0.25) is 5.91 Å². The Morgan fingerprint density at radius 3 is 2.59 bits per heavy atom. The van der Waals surface area contributed by atoms with E-state index in [0.717, 1.165) is 11.4 Å².